The molecule has 1 atom stereocenters. The predicted molar refractivity (Wildman–Crippen MR) is 107 cm³/mol. The largest absolute Gasteiger partial charge is 0.477 e. The lowest BCUT2D eigenvalue weighted by Crippen LogP contribution is -2.28. The zero-order valence-corrected chi connectivity index (χ0v) is 17.9. The van der Waals surface area contributed by atoms with E-state index in [0.29, 0.717) is 17.9 Å². The second-order valence-electron chi connectivity index (χ2n) is 5.60. The van der Waals surface area contributed by atoms with Gasteiger partial charge >= 0.3 is 12.1 Å². The van der Waals surface area contributed by atoms with Crippen LogP contribution >= 0.6 is 34.2 Å². The molecule has 2 aromatic rings. The van der Waals surface area contributed by atoms with Crippen LogP contribution < -0.4 is 9.47 Å². The molecule has 0 aromatic heterocycles. The van der Waals surface area contributed by atoms with Crippen molar-refractivity contribution in [1.82, 2.24) is 0 Å². The van der Waals surface area contributed by atoms with Crippen LogP contribution in [0.4, 0.5) is 13.2 Å². The number of ether oxygens (including phenoxy) is 3. The van der Waals surface area contributed by atoms with Crippen molar-refractivity contribution in [3.05, 3.63) is 50.6 Å². The van der Waals surface area contributed by atoms with Gasteiger partial charge in [0.2, 0.25) is 0 Å². The molecule has 2 rings (SSSR count). The van der Waals surface area contributed by atoms with Crippen molar-refractivity contribution in [3.8, 4) is 17.2 Å². The molecule has 0 N–H and O–H groups in total. The highest BCUT2D eigenvalue weighted by molar-refractivity contribution is 14.1. The molecule has 0 spiro atoms. The highest BCUT2D eigenvalue weighted by Gasteiger charge is 2.31. The molecule has 0 radical (unpaired) electrons. The summed E-state index contributed by atoms with van der Waals surface area (Å²) < 4.78 is 55.3. The highest BCUT2D eigenvalue weighted by atomic mass is 127. The van der Waals surface area contributed by atoms with Gasteiger partial charge in [0.15, 0.2) is 6.10 Å². The van der Waals surface area contributed by atoms with Gasteiger partial charge in [0.05, 0.1) is 20.8 Å². The maximum absolute atomic E-state index is 12.7. The van der Waals surface area contributed by atoms with E-state index in [9.17, 15) is 18.0 Å². The molecule has 1 unspecified atom stereocenters. The molecule has 152 valence electrons. The summed E-state index contributed by atoms with van der Waals surface area (Å²) in [4.78, 5) is 11.9. The van der Waals surface area contributed by atoms with Gasteiger partial charge in [-0.25, -0.2) is 4.79 Å². The van der Waals surface area contributed by atoms with Crippen LogP contribution in [0.5, 0.6) is 17.2 Å². The van der Waals surface area contributed by atoms with E-state index in [-0.39, 0.29) is 17.4 Å². The molecule has 2 aromatic carbocycles. The molecule has 0 aliphatic carbocycles. The molecular weight excluding hydrogens is 512 g/mol. The zero-order chi connectivity index (χ0) is 20.9. The Morgan fingerprint density at radius 3 is 2.43 bits per heavy atom. The average Bonchev–Trinajstić information content (AvgIpc) is 2.63. The number of benzene rings is 2. The number of esters is 1. The third-order valence-electron chi connectivity index (χ3n) is 3.58. The van der Waals surface area contributed by atoms with Crippen molar-refractivity contribution in [2.75, 3.05) is 6.61 Å². The van der Waals surface area contributed by atoms with Crippen molar-refractivity contribution in [2.45, 2.75) is 32.5 Å². The summed E-state index contributed by atoms with van der Waals surface area (Å²) in [5, 5.41) is -0.172. The molecule has 28 heavy (non-hydrogen) atoms. The minimum atomic E-state index is -4.49. The van der Waals surface area contributed by atoms with Gasteiger partial charge in [0, 0.05) is 6.07 Å². The third kappa shape index (κ3) is 5.91. The Balaban J connectivity index is 2.22. The van der Waals surface area contributed by atoms with Gasteiger partial charge in [-0.3, -0.25) is 0 Å². The third-order valence-corrected chi connectivity index (χ3v) is 4.77. The normalized spacial score (nSPS) is 12.4. The van der Waals surface area contributed by atoms with E-state index in [0.717, 1.165) is 21.8 Å². The van der Waals surface area contributed by atoms with E-state index in [2.05, 4.69) is 0 Å². The summed E-state index contributed by atoms with van der Waals surface area (Å²) in [6, 6.07) is 7.69. The van der Waals surface area contributed by atoms with E-state index in [4.69, 9.17) is 25.8 Å². The molecule has 0 fully saturated rings. The Bertz CT molecular complexity index is 842. The Morgan fingerprint density at radius 2 is 1.86 bits per heavy atom. The summed E-state index contributed by atoms with van der Waals surface area (Å²) >= 11 is 7.96. The molecule has 0 saturated carbocycles. The SMILES string of the molecule is CCOC(=O)C(CC)Oc1cc(Oc2ccc(C(F)(F)F)cc2Cl)ccc1I. The van der Waals surface area contributed by atoms with Crippen LogP contribution in [0.2, 0.25) is 5.02 Å². The number of hydrogen-bond donors (Lipinski definition) is 0. The van der Waals surface area contributed by atoms with Gasteiger partial charge in [0.1, 0.15) is 17.2 Å². The lowest BCUT2D eigenvalue weighted by molar-refractivity contribution is -0.151. The van der Waals surface area contributed by atoms with Crippen LogP contribution in [0.25, 0.3) is 0 Å². The number of hydrogen-bond acceptors (Lipinski definition) is 4. The number of carbonyl (C=O) groups is 1. The van der Waals surface area contributed by atoms with E-state index < -0.39 is 23.8 Å². The number of carbonyl (C=O) groups excluding carboxylic acids is 1. The summed E-state index contributed by atoms with van der Waals surface area (Å²) in [5.74, 6) is 0.286. The van der Waals surface area contributed by atoms with Gasteiger partial charge in [-0.15, -0.1) is 0 Å². The number of halogens is 5. The molecule has 4 nitrogen and oxygen atoms in total. The minimum Gasteiger partial charge on any atom is -0.477 e. The standard InChI is InChI=1S/C19H17ClF3IO4/c1-3-15(18(25)26-4-2)28-17-10-12(6-7-14(17)24)27-16-8-5-11(9-13(16)20)19(21,22)23/h5-10,15H,3-4H2,1-2H3. The topological polar surface area (TPSA) is 44.8 Å². The summed E-state index contributed by atoms with van der Waals surface area (Å²) in [5.41, 5.74) is -0.864. The van der Waals surface area contributed by atoms with Gasteiger partial charge in [0.25, 0.3) is 0 Å². The molecular formula is C19H17ClF3IO4. The fraction of sp³-hybridized carbons (Fsp3) is 0.316. The van der Waals surface area contributed by atoms with Crippen molar-refractivity contribution in [1.29, 1.82) is 0 Å². The van der Waals surface area contributed by atoms with Gasteiger partial charge in [-0.05, 0) is 66.3 Å². The molecule has 0 saturated heterocycles. The molecule has 0 aliphatic rings. The first-order valence-corrected chi connectivity index (χ1v) is 9.78. The first kappa shape index (κ1) is 22.6. The van der Waals surface area contributed by atoms with Crippen LogP contribution in [0, 0.1) is 3.57 Å². The monoisotopic (exact) mass is 528 g/mol. The smallest absolute Gasteiger partial charge is 0.416 e. The fourth-order valence-electron chi connectivity index (χ4n) is 2.21. The second kappa shape index (κ2) is 9.69. The van der Waals surface area contributed by atoms with Crippen LogP contribution in [-0.4, -0.2) is 18.7 Å². The molecule has 0 heterocycles. The summed E-state index contributed by atoms with van der Waals surface area (Å²) in [6.45, 7) is 3.73. The van der Waals surface area contributed by atoms with Gasteiger partial charge in [-0.1, -0.05) is 18.5 Å². The highest BCUT2D eigenvalue weighted by Crippen LogP contribution is 2.37. The quantitative estimate of drug-likeness (QED) is 0.305. The van der Waals surface area contributed by atoms with E-state index in [1.807, 2.05) is 22.6 Å². The average molecular weight is 529 g/mol. The lowest BCUT2D eigenvalue weighted by atomic mass is 10.2. The van der Waals surface area contributed by atoms with Crippen molar-refractivity contribution in [3.63, 3.8) is 0 Å². The van der Waals surface area contributed by atoms with Crippen molar-refractivity contribution < 1.29 is 32.2 Å². The summed E-state index contributed by atoms with van der Waals surface area (Å²) in [6.07, 6.45) is -4.86. The molecule has 9 heteroatoms. The Kier molecular flexibility index (Phi) is 7.82. The maximum Gasteiger partial charge on any atom is 0.416 e. The fourth-order valence-corrected chi connectivity index (χ4v) is 2.89. The predicted octanol–water partition coefficient (Wildman–Crippen LogP) is 6.48. The Morgan fingerprint density at radius 1 is 1.14 bits per heavy atom. The molecule has 0 amide bonds. The minimum absolute atomic E-state index is 0.0688. The van der Waals surface area contributed by atoms with Crippen LogP contribution in [0.3, 0.4) is 0 Å². The first-order chi connectivity index (χ1) is 13.2. The van der Waals surface area contributed by atoms with Gasteiger partial charge < -0.3 is 14.2 Å². The zero-order valence-electron chi connectivity index (χ0n) is 15.0. The van der Waals surface area contributed by atoms with E-state index >= 15 is 0 Å². The van der Waals surface area contributed by atoms with Crippen molar-refractivity contribution >= 4 is 40.2 Å². The molecule has 0 aliphatic heterocycles. The van der Waals surface area contributed by atoms with E-state index in [1.54, 1.807) is 26.0 Å². The summed E-state index contributed by atoms with van der Waals surface area (Å²) in [7, 11) is 0. The van der Waals surface area contributed by atoms with Gasteiger partial charge in [-0.2, -0.15) is 13.2 Å². The Hall–Kier alpha value is -1.68. The van der Waals surface area contributed by atoms with Crippen LogP contribution in [0.15, 0.2) is 36.4 Å². The maximum atomic E-state index is 12.7. The lowest BCUT2D eigenvalue weighted by Gasteiger charge is -2.18. The molecule has 0 bridgehead atoms. The first-order valence-electron chi connectivity index (χ1n) is 8.33. The second-order valence-corrected chi connectivity index (χ2v) is 7.17. The number of alkyl halides is 3. The van der Waals surface area contributed by atoms with Crippen molar-refractivity contribution in [2.24, 2.45) is 0 Å². The van der Waals surface area contributed by atoms with Crippen LogP contribution in [-0.2, 0) is 15.7 Å². The number of rotatable bonds is 7. The van der Waals surface area contributed by atoms with Crippen LogP contribution in [0.1, 0.15) is 25.8 Å². The van der Waals surface area contributed by atoms with E-state index in [1.165, 1.54) is 6.07 Å². The Labute approximate surface area is 179 Å².